The SMILES string of the molecule is Cc1cc(C)c2c(c1)[C@]1(C(=O)N2)[C@@H]2C(=O)N(c3ccc(Cl)cc3)C(=O)[C@@H]2[C@H]2CCCN21. The molecule has 0 unspecified atom stereocenters. The summed E-state index contributed by atoms with van der Waals surface area (Å²) in [4.78, 5) is 44.6. The zero-order chi connectivity index (χ0) is 21.7. The van der Waals surface area contributed by atoms with Crippen molar-refractivity contribution in [1.29, 1.82) is 0 Å². The van der Waals surface area contributed by atoms with E-state index < -0.39 is 17.4 Å². The Morgan fingerprint density at radius 1 is 1.06 bits per heavy atom. The van der Waals surface area contributed by atoms with Crippen LogP contribution in [0.2, 0.25) is 5.02 Å². The summed E-state index contributed by atoms with van der Waals surface area (Å²) in [6, 6.07) is 10.7. The lowest BCUT2D eigenvalue weighted by Gasteiger charge is -2.36. The number of rotatable bonds is 1. The van der Waals surface area contributed by atoms with Crippen LogP contribution in [0, 0.1) is 25.7 Å². The topological polar surface area (TPSA) is 69.7 Å². The van der Waals surface area contributed by atoms with E-state index >= 15 is 0 Å². The summed E-state index contributed by atoms with van der Waals surface area (Å²) in [7, 11) is 0. The van der Waals surface area contributed by atoms with Gasteiger partial charge in [0.25, 0.3) is 0 Å². The fourth-order valence-electron chi connectivity index (χ4n) is 6.50. The molecule has 4 aliphatic heterocycles. The maximum absolute atomic E-state index is 13.9. The van der Waals surface area contributed by atoms with E-state index in [2.05, 4.69) is 10.2 Å². The third-order valence-corrected chi connectivity index (χ3v) is 7.78. The molecule has 3 amide bonds. The van der Waals surface area contributed by atoms with E-state index in [4.69, 9.17) is 11.6 Å². The number of benzene rings is 2. The van der Waals surface area contributed by atoms with Crippen LogP contribution in [-0.2, 0) is 19.9 Å². The molecule has 6 nitrogen and oxygen atoms in total. The number of nitrogens with one attached hydrogen (secondary N) is 1. The average molecular weight is 436 g/mol. The number of hydrogen-bond acceptors (Lipinski definition) is 4. The fraction of sp³-hybridized carbons (Fsp3) is 0.375. The molecule has 1 N–H and O–H groups in total. The van der Waals surface area contributed by atoms with Crippen molar-refractivity contribution >= 4 is 40.7 Å². The van der Waals surface area contributed by atoms with Crippen molar-refractivity contribution in [3.8, 4) is 0 Å². The summed E-state index contributed by atoms with van der Waals surface area (Å²) in [6.07, 6.45) is 1.72. The minimum atomic E-state index is -1.13. The predicted molar refractivity (Wildman–Crippen MR) is 117 cm³/mol. The molecule has 2 aromatic carbocycles. The number of imide groups is 1. The molecule has 0 saturated carbocycles. The van der Waals surface area contributed by atoms with Crippen LogP contribution in [0.5, 0.6) is 0 Å². The summed E-state index contributed by atoms with van der Waals surface area (Å²) >= 11 is 6.02. The number of anilines is 2. The second-order valence-corrected chi connectivity index (χ2v) is 9.56. The zero-order valence-electron chi connectivity index (χ0n) is 17.3. The standard InChI is InChI=1S/C24H22ClN3O3/c1-12-10-13(2)20-16(11-12)24(23(31)26-20)19-18(17-4-3-9-27(17)24)21(29)28(22(19)30)15-7-5-14(25)6-8-15/h5-8,10-11,17-19H,3-4,9H2,1-2H3,(H,26,31)/t17-,18-,19+,24-/m1/s1. The van der Waals surface area contributed by atoms with Gasteiger partial charge < -0.3 is 5.32 Å². The predicted octanol–water partition coefficient (Wildman–Crippen LogP) is 3.39. The van der Waals surface area contributed by atoms with Gasteiger partial charge >= 0.3 is 0 Å². The molecule has 3 saturated heterocycles. The third-order valence-electron chi connectivity index (χ3n) is 7.53. The van der Waals surface area contributed by atoms with Gasteiger partial charge in [0.15, 0.2) is 0 Å². The molecule has 0 aliphatic carbocycles. The summed E-state index contributed by atoms with van der Waals surface area (Å²) in [5, 5.41) is 3.61. The lowest BCUT2D eigenvalue weighted by molar-refractivity contribution is -0.135. The van der Waals surface area contributed by atoms with Gasteiger partial charge in [-0.2, -0.15) is 0 Å². The average Bonchev–Trinajstić information content (AvgIpc) is 3.42. The highest BCUT2D eigenvalue weighted by Crippen LogP contribution is 2.61. The molecular weight excluding hydrogens is 414 g/mol. The Bertz CT molecular complexity index is 1180. The van der Waals surface area contributed by atoms with E-state index in [0.29, 0.717) is 17.3 Å². The number of hydrogen-bond donors (Lipinski definition) is 1. The van der Waals surface area contributed by atoms with E-state index in [-0.39, 0.29) is 23.8 Å². The van der Waals surface area contributed by atoms with Crippen LogP contribution in [0.3, 0.4) is 0 Å². The minimum Gasteiger partial charge on any atom is -0.324 e. The van der Waals surface area contributed by atoms with Crippen molar-refractivity contribution in [2.45, 2.75) is 38.3 Å². The number of fused-ring (bicyclic) bond motifs is 7. The molecule has 4 atom stereocenters. The van der Waals surface area contributed by atoms with E-state index in [1.807, 2.05) is 26.0 Å². The Hall–Kier alpha value is -2.70. The van der Waals surface area contributed by atoms with Crippen molar-refractivity contribution in [3.05, 3.63) is 58.1 Å². The maximum atomic E-state index is 13.9. The highest BCUT2D eigenvalue weighted by molar-refractivity contribution is 6.31. The molecule has 3 fully saturated rings. The summed E-state index contributed by atoms with van der Waals surface area (Å²) in [5.74, 6) is -1.95. The highest BCUT2D eigenvalue weighted by Gasteiger charge is 2.74. The summed E-state index contributed by atoms with van der Waals surface area (Å²) in [5.41, 5.74) is 3.02. The second kappa shape index (κ2) is 6.17. The van der Waals surface area contributed by atoms with E-state index in [0.717, 1.165) is 35.2 Å². The van der Waals surface area contributed by atoms with Gasteiger partial charge in [-0.3, -0.25) is 19.3 Å². The second-order valence-electron chi connectivity index (χ2n) is 9.12. The first-order valence-corrected chi connectivity index (χ1v) is 11.1. The fourth-order valence-corrected chi connectivity index (χ4v) is 6.63. The van der Waals surface area contributed by atoms with Gasteiger partial charge in [0, 0.05) is 22.3 Å². The molecule has 158 valence electrons. The number of amides is 3. The monoisotopic (exact) mass is 435 g/mol. The first-order chi connectivity index (χ1) is 14.9. The van der Waals surface area contributed by atoms with Gasteiger partial charge in [-0.05, 0) is 63.1 Å². The van der Waals surface area contributed by atoms with E-state index in [1.165, 1.54) is 4.90 Å². The Labute approximate surface area is 185 Å². The molecule has 0 aromatic heterocycles. The van der Waals surface area contributed by atoms with Crippen LogP contribution in [0.1, 0.15) is 29.5 Å². The smallest absolute Gasteiger partial charge is 0.250 e. The molecule has 2 aromatic rings. The highest BCUT2D eigenvalue weighted by atomic mass is 35.5. The third kappa shape index (κ3) is 2.19. The lowest BCUT2D eigenvalue weighted by atomic mass is 9.75. The van der Waals surface area contributed by atoms with E-state index in [9.17, 15) is 14.4 Å². The van der Waals surface area contributed by atoms with Gasteiger partial charge in [0.05, 0.1) is 17.5 Å². The van der Waals surface area contributed by atoms with Gasteiger partial charge in [-0.25, -0.2) is 4.90 Å². The minimum absolute atomic E-state index is 0.115. The zero-order valence-corrected chi connectivity index (χ0v) is 18.1. The first-order valence-electron chi connectivity index (χ1n) is 10.7. The Balaban J connectivity index is 1.57. The first kappa shape index (κ1) is 19.0. The van der Waals surface area contributed by atoms with Crippen molar-refractivity contribution in [1.82, 2.24) is 4.90 Å². The van der Waals surface area contributed by atoms with Crippen LogP contribution in [-0.4, -0.2) is 35.2 Å². The quantitative estimate of drug-likeness (QED) is 0.697. The van der Waals surface area contributed by atoms with Crippen molar-refractivity contribution in [3.63, 3.8) is 0 Å². The van der Waals surface area contributed by atoms with Crippen LogP contribution < -0.4 is 10.2 Å². The molecule has 31 heavy (non-hydrogen) atoms. The molecular formula is C24H22ClN3O3. The van der Waals surface area contributed by atoms with Crippen molar-refractivity contribution in [2.75, 3.05) is 16.8 Å². The molecule has 6 rings (SSSR count). The van der Waals surface area contributed by atoms with Gasteiger partial charge in [0.1, 0.15) is 5.54 Å². The molecule has 4 heterocycles. The van der Waals surface area contributed by atoms with Gasteiger partial charge in [-0.1, -0.05) is 29.3 Å². The van der Waals surface area contributed by atoms with Crippen molar-refractivity contribution in [2.24, 2.45) is 11.8 Å². The molecule has 7 heteroatoms. The van der Waals surface area contributed by atoms with Crippen LogP contribution >= 0.6 is 11.6 Å². The van der Waals surface area contributed by atoms with Crippen LogP contribution in [0.4, 0.5) is 11.4 Å². The lowest BCUT2D eigenvalue weighted by Crippen LogP contribution is -2.54. The number of halogens is 1. The largest absolute Gasteiger partial charge is 0.324 e. The van der Waals surface area contributed by atoms with Crippen LogP contribution in [0.25, 0.3) is 0 Å². The Morgan fingerprint density at radius 2 is 1.81 bits per heavy atom. The molecule has 1 spiro atoms. The van der Waals surface area contributed by atoms with Crippen molar-refractivity contribution < 1.29 is 14.4 Å². The number of nitrogens with zero attached hydrogens (tertiary/aromatic N) is 2. The Morgan fingerprint density at radius 3 is 2.55 bits per heavy atom. The summed E-state index contributed by atoms with van der Waals surface area (Å²) < 4.78 is 0. The number of carbonyl (C=O) groups is 3. The van der Waals surface area contributed by atoms with Gasteiger partial charge in [0.2, 0.25) is 17.7 Å². The molecule has 0 radical (unpaired) electrons. The summed E-state index contributed by atoms with van der Waals surface area (Å²) in [6.45, 7) is 4.68. The molecule has 4 aliphatic rings. The normalized spacial score (nSPS) is 31.4. The maximum Gasteiger partial charge on any atom is 0.250 e. The molecule has 0 bridgehead atoms. The van der Waals surface area contributed by atoms with Crippen LogP contribution in [0.15, 0.2) is 36.4 Å². The number of aryl methyl sites for hydroxylation is 2. The van der Waals surface area contributed by atoms with Gasteiger partial charge in [-0.15, -0.1) is 0 Å². The number of carbonyl (C=O) groups excluding carboxylic acids is 3. The van der Waals surface area contributed by atoms with E-state index in [1.54, 1.807) is 24.3 Å². The Kier molecular flexibility index (Phi) is 3.79.